The molecule has 0 aromatic heterocycles. The summed E-state index contributed by atoms with van der Waals surface area (Å²) in [5.41, 5.74) is 0. The van der Waals surface area contributed by atoms with Gasteiger partial charge in [-0.05, 0) is 5.92 Å². The highest BCUT2D eigenvalue weighted by atomic mass is 32.2. The van der Waals surface area contributed by atoms with Crippen molar-refractivity contribution in [3.63, 3.8) is 0 Å². The normalized spacial score (nSPS) is 17.4. The Balaban J connectivity index is 2.46. The number of sulfonamides is 1. The average Bonchev–Trinajstić information content (AvgIpc) is 2.41. The molecule has 1 rings (SSSR count). The van der Waals surface area contributed by atoms with Gasteiger partial charge in [-0.3, -0.25) is 9.69 Å². The summed E-state index contributed by atoms with van der Waals surface area (Å²) in [6.45, 7) is 8.33. The molecule has 0 radical (unpaired) electrons. The lowest BCUT2D eigenvalue weighted by Crippen LogP contribution is -2.46. The Labute approximate surface area is 127 Å². The maximum atomic E-state index is 11.8. The third-order valence-corrected chi connectivity index (χ3v) is 4.52. The first-order valence-electron chi connectivity index (χ1n) is 7.31. The topological polar surface area (TPSA) is 79.0 Å². The van der Waals surface area contributed by atoms with E-state index in [1.54, 1.807) is 0 Å². The highest BCUT2D eigenvalue weighted by molar-refractivity contribution is 7.88. The van der Waals surface area contributed by atoms with Gasteiger partial charge < -0.3 is 10.1 Å². The Hall–Kier alpha value is -0.700. The van der Waals surface area contributed by atoms with Crippen LogP contribution in [0.2, 0.25) is 0 Å². The number of hydrogen-bond donors (Lipinski definition) is 1. The Kier molecular flexibility index (Phi) is 7.58. The predicted molar refractivity (Wildman–Crippen MR) is 81.5 cm³/mol. The van der Waals surface area contributed by atoms with Crippen LogP contribution in [0.1, 0.15) is 13.8 Å². The van der Waals surface area contributed by atoms with Gasteiger partial charge in [0.05, 0.1) is 26.0 Å². The minimum absolute atomic E-state index is 0.115. The molecule has 0 unspecified atom stereocenters. The van der Waals surface area contributed by atoms with Crippen molar-refractivity contribution in [2.75, 3.05) is 58.7 Å². The summed E-state index contributed by atoms with van der Waals surface area (Å²) in [5.74, 6) is 0.0880. The van der Waals surface area contributed by atoms with E-state index >= 15 is 0 Å². The fourth-order valence-electron chi connectivity index (χ4n) is 1.97. The van der Waals surface area contributed by atoms with Gasteiger partial charge in [-0.1, -0.05) is 13.8 Å². The van der Waals surface area contributed by atoms with Gasteiger partial charge in [-0.15, -0.1) is 0 Å². The molecular formula is C13H27N3O4S. The van der Waals surface area contributed by atoms with Gasteiger partial charge in [0, 0.05) is 32.7 Å². The van der Waals surface area contributed by atoms with Crippen LogP contribution in [0.4, 0.5) is 0 Å². The second-order valence-corrected chi connectivity index (χ2v) is 7.73. The number of amides is 1. The molecule has 0 bridgehead atoms. The minimum atomic E-state index is -3.38. The molecular weight excluding hydrogens is 294 g/mol. The summed E-state index contributed by atoms with van der Waals surface area (Å²) < 4.78 is 30.1. The minimum Gasteiger partial charge on any atom is -0.379 e. The van der Waals surface area contributed by atoms with Crippen molar-refractivity contribution in [3.8, 4) is 0 Å². The molecule has 8 heteroatoms. The van der Waals surface area contributed by atoms with Gasteiger partial charge in [0.25, 0.3) is 0 Å². The molecule has 1 saturated heterocycles. The van der Waals surface area contributed by atoms with E-state index in [0.29, 0.717) is 38.8 Å². The standard InChI is InChI=1S/C13H27N3O4S/c1-12(2)10-14-13(17)11-16(21(3,18)19)5-4-15-6-8-20-9-7-15/h12H,4-11H2,1-3H3,(H,14,17). The summed E-state index contributed by atoms with van der Waals surface area (Å²) in [4.78, 5) is 14.0. The van der Waals surface area contributed by atoms with Crippen molar-refractivity contribution >= 4 is 15.9 Å². The van der Waals surface area contributed by atoms with E-state index in [2.05, 4.69) is 10.2 Å². The maximum Gasteiger partial charge on any atom is 0.235 e. The lowest BCUT2D eigenvalue weighted by atomic mass is 10.2. The molecule has 0 saturated carbocycles. The number of carbonyl (C=O) groups is 1. The van der Waals surface area contributed by atoms with Gasteiger partial charge in [0.2, 0.25) is 15.9 Å². The van der Waals surface area contributed by atoms with Crippen molar-refractivity contribution in [2.45, 2.75) is 13.8 Å². The first-order chi connectivity index (χ1) is 9.79. The van der Waals surface area contributed by atoms with Crippen molar-refractivity contribution in [1.82, 2.24) is 14.5 Å². The van der Waals surface area contributed by atoms with Crippen LogP contribution in [0.25, 0.3) is 0 Å². The van der Waals surface area contributed by atoms with Gasteiger partial charge in [0.15, 0.2) is 0 Å². The Morgan fingerprint density at radius 2 is 1.95 bits per heavy atom. The molecule has 1 heterocycles. The van der Waals surface area contributed by atoms with Gasteiger partial charge in [0.1, 0.15) is 0 Å². The molecule has 1 fully saturated rings. The Morgan fingerprint density at radius 1 is 1.33 bits per heavy atom. The molecule has 124 valence electrons. The number of hydrogen-bond acceptors (Lipinski definition) is 5. The van der Waals surface area contributed by atoms with Crippen LogP contribution in [0.5, 0.6) is 0 Å². The molecule has 1 amide bonds. The maximum absolute atomic E-state index is 11.8. The van der Waals surface area contributed by atoms with E-state index in [1.165, 1.54) is 4.31 Å². The molecule has 0 aromatic carbocycles. The Bertz CT molecular complexity index is 419. The van der Waals surface area contributed by atoms with Crippen molar-refractivity contribution < 1.29 is 17.9 Å². The van der Waals surface area contributed by atoms with Gasteiger partial charge in [-0.2, -0.15) is 4.31 Å². The van der Waals surface area contributed by atoms with Crippen LogP contribution in [-0.4, -0.2) is 82.3 Å². The summed E-state index contributed by atoms with van der Waals surface area (Å²) in [7, 11) is -3.38. The second kappa shape index (κ2) is 8.67. The van der Waals surface area contributed by atoms with Crippen LogP contribution < -0.4 is 5.32 Å². The van der Waals surface area contributed by atoms with Gasteiger partial charge in [-0.25, -0.2) is 8.42 Å². The molecule has 7 nitrogen and oxygen atoms in total. The smallest absolute Gasteiger partial charge is 0.235 e. The lowest BCUT2D eigenvalue weighted by molar-refractivity contribution is -0.121. The summed E-state index contributed by atoms with van der Waals surface area (Å²) >= 11 is 0. The third kappa shape index (κ3) is 7.75. The van der Waals surface area contributed by atoms with Crippen LogP contribution in [-0.2, 0) is 19.6 Å². The molecule has 1 N–H and O–H groups in total. The van der Waals surface area contributed by atoms with Gasteiger partial charge >= 0.3 is 0 Å². The predicted octanol–water partition coefficient (Wildman–Crippen LogP) is -0.648. The van der Waals surface area contributed by atoms with E-state index in [4.69, 9.17) is 4.74 Å². The average molecular weight is 321 g/mol. The summed E-state index contributed by atoms with van der Waals surface area (Å²) in [6, 6.07) is 0. The molecule has 0 atom stereocenters. The first kappa shape index (κ1) is 18.3. The zero-order valence-corrected chi connectivity index (χ0v) is 14.0. The number of nitrogens with one attached hydrogen (secondary N) is 1. The zero-order chi connectivity index (χ0) is 15.9. The first-order valence-corrected chi connectivity index (χ1v) is 9.16. The second-order valence-electron chi connectivity index (χ2n) is 5.75. The van der Waals surface area contributed by atoms with E-state index < -0.39 is 10.0 Å². The van der Waals surface area contributed by atoms with Crippen LogP contribution in [0.3, 0.4) is 0 Å². The van der Waals surface area contributed by atoms with E-state index in [0.717, 1.165) is 19.3 Å². The highest BCUT2D eigenvalue weighted by Gasteiger charge is 2.21. The zero-order valence-electron chi connectivity index (χ0n) is 13.2. The number of ether oxygens (including phenoxy) is 1. The number of nitrogens with zero attached hydrogens (tertiary/aromatic N) is 2. The summed E-state index contributed by atoms with van der Waals surface area (Å²) in [5, 5.41) is 2.74. The largest absolute Gasteiger partial charge is 0.379 e. The molecule has 0 aromatic rings. The van der Waals surface area contributed by atoms with E-state index in [1.807, 2.05) is 13.8 Å². The molecule has 0 aliphatic carbocycles. The molecule has 1 aliphatic rings. The fourth-order valence-corrected chi connectivity index (χ4v) is 2.74. The van der Waals surface area contributed by atoms with Crippen molar-refractivity contribution in [1.29, 1.82) is 0 Å². The number of carbonyl (C=O) groups excluding carboxylic acids is 1. The Morgan fingerprint density at radius 3 is 2.48 bits per heavy atom. The number of rotatable bonds is 8. The van der Waals surface area contributed by atoms with E-state index in [9.17, 15) is 13.2 Å². The number of morpholine rings is 1. The third-order valence-electron chi connectivity index (χ3n) is 3.27. The molecule has 1 aliphatic heterocycles. The lowest BCUT2D eigenvalue weighted by Gasteiger charge is -2.29. The SMILES string of the molecule is CC(C)CNC(=O)CN(CCN1CCOCC1)S(C)(=O)=O. The fraction of sp³-hybridized carbons (Fsp3) is 0.923. The van der Waals surface area contributed by atoms with Crippen LogP contribution in [0.15, 0.2) is 0 Å². The van der Waals surface area contributed by atoms with E-state index in [-0.39, 0.29) is 12.5 Å². The molecule has 0 spiro atoms. The van der Waals surface area contributed by atoms with Crippen molar-refractivity contribution in [3.05, 3.63) is 0 Å². The summed E-state index contributed by atoms with van der Waals surface area (Å²) in [6.07, 6.45) is 1.14. The van der Waals surface area contributed by atoms with Crippen LogP contribution in [0, 0.1) is 5.92 Å². The molecule has 21 heavy (non-hydrogen) atoms. The van der Waals surface area contributed by atoms with Crippen molar-refractivity contribution in [2.24, 2.45) is 5.92 Å². The monoisotopic (exact) mass is 321 g/mol. The van der Waals surface area contributed by atoms with Crippen LogP contribution >= 0.6 is 0 Å². The highest BCUT2D eigenvalue weighted by Crippen LogP contribution is 2.02. The quantitative estimate of drug-likeness (QED) is 0.643.